The predicted octanol–water partition coefficient (Wildman–Crippen LogP) is 4.63. The molecule has 3 atom stereocenters. The van der Waals surface area contributed by atoms with Crippen LogP contribution >= 0.6 is 0 Å². The Morgan fingerprint density at radius 1 is 1.11 bits per heavy atom. The summed E-state index contributed by atoms with van der Waals surface area (Å²) in [6.07, 6.45) is 11.6. The van der Waals surface area contributed by atoms with Gasteiger partial charge in [-0.2, -0.15) is 0 Å². The smallest absolute Gasteiger partial charge is 0.0839 e. The van der Waals surface area contributed by atoms with E-state index in [4.69, 9.17) is 4.74 Å². The minimum Gasteiger partial charge on any atom is -0.390 e. The molecule has 0 heterocycles. The minimum atomic E-state index is -0.402. The van der Waals surface area contributed by atoms with Crippen LogP contribution in [0.15, 0.2) is 25.3 Å². The third kappa shape index (κ3) is 9.01. The Hall–Kier alpha value is -0.600. The standard InChI is InChI=1S/C17H32O2/c1-5-9-11-12-13-15(7-3)19-17(8-4)16(18)14-10-6-2/h6-7,15-18H,2-3,5,8-14H2,1,4H3/t15-,16-,17-/m1/s1. The number of hydrogen-bond acceptors (Lipinski definition) is 2. The van der Waals surface area contributed by atoms with Gasteiger partial charge < -0.3 is 9.84 Å². The summed E-state index contributed by atoms with van der Waals surface area (Å²) in [4.78, 5) is 0. The van der Waals surface area contributed by atoms with Gasteiger partial charge in [-0.25, -0.2) is 0 Å². The average molecular weight is 268 g/mol. The van der Waals surface area contributed by atoms with Gasteiger partial charge in [0.05, 0.1) is 18.3 Å². The summed E-state index contributed by atoms with van der Waals surface area (Å²) in [6.45, 7) is 11.8. The molecule has 0 rings (SSSR count). The average Bonchev–Trinajstić information content (AvgIpc) is 2.44. The van der Waals surface area contributed by atoms with Crippen LogP contribution in [0.25, 0.3) is 0 Å². The second kappa shape index (κ2) is 12.4. The van der Waals surface area contributed by atoms with Crippen LogP contribution in [0.3, 0.4) is 0 Å². The Kier molecular flexibility index (Phi) is 12.0. The lowest BCUT2D eigenvalue weighted by Crippen LogP contribution is -2.32. The van der Waals surface area contributed by atoms with Crippen LogP contribution in [0.5, 0.6) is 0 Å². The van der Waals surface area contributed by atoms with E-state index in [9.17, 15) is 5.11 Å². The maximum absolute atomic E-state index is 10.1. The Morgan fingerprint density at radius 3 is 2.37 bits per heavy atom. The van der Waals surface area contributed by atoms with E-state index < -0.39 is 6.10 Å². The summed E-state index contributed by atoms with van der Waals surface area (Å²) in [5.74, 6) is 0. The van der Waals surface area contributed by atoms with Crippen molar-refractivity contribution in [3.05, 3.63) is 25.3 Å². The third-order valence-electron chi connectivity index (χ3n) is 3.45. The van der Waals surface area contributed by atoms with Crippen LogP contribution in [0.4, 0.5) is 0 Å². The van der Waals surface area contributed by atoms with Gasteiger partial charge in [-0.05, 0) is 25.7 Å². The summed E-state index contributed by atoms with van der Waals surface area (Å²) in [5, 5.41) is 10.1. The minimum absolute atomic E-state index is 0.0696. The second-order valence-electron chi connectivity index (χ2n) is 5.14. The summed E-state index contributed by atoms with van der Waals surface area (Å²) >= 11 is 0. The van der Waals surface area contributed by atoms with Crippen LogP contribution in [0.1, 0.15) is 65.2 Å². The van der Waals surface area contributed by atoms with Crippen molar-refractivity contribution >= 4 is 0 Å². The fourth-order valence-electron chi connectivity index (χ4n) is 2.17. The van der Waals surface area contributed by atoms with Gasteiger partial charge in [0.1, 0.15) is 0 Å². The van der Waals surface area contributed by atoms with Crippen LogP contribution in [0.2, 0.25) is 0 Å². The quantitative estimate of drug-likeness (QED) is 0.390. The molecule has 0 amide bonds. The van der Waals surface area contributed by atoms with Gasteiger partial charge in [-0.15, -0.1) is 13.2 Å². The number of allylic oxidation sites excluding steroid dienone is 1. The molecule has 0 saturated heterocycles. The lowest BCUT2D eigenvalue weighted by Gasteiger charge is -2.26. The van der Waals surface area contributed by atoms with E-state index in [-0.39, 0.29) is 12.2 Å². The van der Waals surface area contributed by atoms with E-state index >= 15 is 0 Å². The van der Waals surface area contributed by atoms with Gasteiger partial charge >= 0.3 is 0 Å². The van der Waals surface area contributed by atoms with Gasteiger partial charge in [0, 0.05) is 0 Å². The van der Waals surface area contributed by atoms with Crippen LogP contribution in [-0.4, -0.2) is 23.4 Å². The molecule has 0 unspecified atom stereocenters. The molecule has 0 aliphatic carbocycles. The highest BCUT2D eigenvalue weighted by molar-refractivity contribution is 4.83. The third-order valence-corrected chi connectivity index (χ3v) is 3.45. The Labute approximate surface area is 119 Å². The largest absolute Gasteiger partial charge is 0.390 e. The SMILES string of the molecule is C=CCC[C@@H](O)[C@@H](CC)O[C@H](C=C)CCCCCC. The van der Waals surface area contributed by atoms with Gasteiger partial charge in [0.25, 0.3) is 0 Å². The molecule has 1 N–H and O–H groups in total. The van der Waals surface area contributed by atoms with Crippen LogP contribution in [-0.2, 0) is 4.74 Å². The molecule has 0 bridgehead atoms. The van der Waals surface area contributed by atoms with E-state index in [1.165, 1.54) is 25.7 Å². The van der Waals surface area contributed by atoms with E-state index in [1.807, 2.05) is 12.2 Å². The van der Waals surface area contributed by atoms with E-state index in [1.54, 1.807) is 0 Å². The van der Waals surface area contributed by atoms with Crippen molar-refractivity contribution in [3.63, 3.8) is 0 Å². The maximum Gasteiger partial charge on any atom is 0.0839 e. The van der Waals surface area contributed by atoms with Crippen molar-refractivity contribution < 1.29 is 9.84 Å². The van der Waals surface area contributed by atoms with Crippen molar-refractivity contribution in [2.24, 2.45) is 0 Å². The molecule has 2 nitrogen and oxygen atoms in total. The number of aliphatic hydroxyl groups excluding tert-OH is 1. The molecule has 0 aromatic carbocycles. The molecule has 112 valence electrons. The number of unbranched alkanes of at least 4 members (excludes halogenated alkanes) is 3. The molecule has 0 fully saturated rings. The Bertz CT molecular complexity index is 225. The van der Waals surface area contributed by atoms with Crippen molar-refractivity contribution in [1.82, 2.24) is 0 Å². The van der Waals surface area contributed by atoms with Crippen molar-refractivity contribution in [2.75, 3.05) is 0 Å². The first kappa shape index (κ1) is 18.4. The highest BCUT2D eigenvalue weighted by Gasteiger charge is 2.20. The number of hydrogen-bond donors (Lipinski definition) is 1. The zero-order chi connectivity index (χ0) is 14.5. The van der Waals surface area contributed by atoms with Gasteiger partial charge in [0.15, 0.2) is 0 Å². The fourth-order valence-corrected chi connectivity index (χ4v) is 2.17. The molecule has 0 aliphatic heterocycles. The summed E-state index contributed by atoms with van der Waals surface area (Å²) < 4.78 is 5.99. The number of ether oxygens (including phenoxy) is 1. The molecule has 2 heteroatoms. The van der Waals surface area contributed by atoms with Crippen molar-refractivity contribution in [2.45, 2.75) is 83.5 Å². The maximum atomic E-state index is 10.1. The highest BCUT2D eigenvalue weighted by Crippen LogP contribution is 2.17. The molecule has 0 spiro atoms. The monoisotopic (exact) mass is 268 g/mol. The molecule has 0 aliphatic rings. The van der Waals surface area contributed by atoms with Crippen molar-refractivity contribution in [1.29, 1.82) is 0 Å². The van der Waals surface area contributed by atoms with Crippen molar-refractivity contribution in [3.8, 4) is 0 Å². The molecule has 19 heavy (non-hydrogen) atoms. The molecule has 0 aromatic rings. The summed E-state index contributed by atoms with van der Waals surface area (Å²) in [6, 6.07) is 0. The fraction of sp³-hybridized carbons (Fsp3) is 0.765. The molecular weight excluding hydrogens is 236 g/mol. The van der Waals surface area contributed by atoms with Crippen LogP contribution < -0.4 is 0 Å². The van der Waals surface area contributed by atoms with Gasteiger partial charge in [0.2, 0.25) is 0 Å². The lowest BCUT2D eigenvalue weighted by molar-refractivity contribution is -0.0672. The van der Waals surface area contributed by atoms with E-state index in [0.29, 0.717) is 0 Å². The second-order valence-corrected chi connectivity index (χ2v) is 5.14. The predicted molar refractivity (Wildman–Crippen MR) is 83.3 cm³/mol. The zero-order valence-electron chi connectivity index (χ0n) is 12.8. The Morgan fingerprint density at radius 2 is 1.84 bits per heavy atom. The molecule has 0 aromatic heterocycles. The number of aliphatic hydroxyl groups is 1. The molecule has 0 saturated carbocycles. The number of rotatable bonds is 13. The Balaban J connectivity index is 4.07. The lowest BCUT2D eigenvalue weighted by atomic mass is 10.0. The first-order chi connectivity index (χ1) is 9.19. The van der Waals surface area contributed by atoms with Gasteiger partial charge in [-0.3, -0.25) is 0 Å². The normalized spacial score (nSPS) is 15.7. The first-order valence-corrected chi connectivity index (χ1v) is 7.76. The highest BCUT2D eigenvalue weighted by atomic mass is 16.5. The first-order valence-electron chi connectivity index (χ1n) is 7.76. The summed E-state index contributed by atoms with van der Waals surface area (Å²) in [7, 11) is 0. The topological polar surface area (TPSA) is 29.5 Å². The van der Waals surface area contributed by atoms with E-state index in [0.717, 1.165) is 25.7 Å². The zero-order valence-corrected chi connectivity index (χ0v) is 12.8. The van der Waals surface area contributed by atoms with E-state index in [2.05, 4.69) is 27.0 Å². The molecular formula is C17H32O2. The van der Waals surface area contributed by atoms with Crippen LogP contribution in [0, 0.1) is 0 Å². The summed E-state index contributed by atoms with van der Waals surface area (Å²) in [5.41, 5.74) is 0. The molecule has 0 radical (unpaired) electrons. The van der Waals surface area contributed by atoms with Gasteiger partial charge in [-0.1, -0.05) is 51.7 Å².